The normalized spacial score (nSPS) is 10.0. The number of nitriles is 1. The van der Waals surface area contributed by atoms with E-state index in [0.29, 0.717) is 12.1 Å². The molecule has 20 heavy (non-hydrogen) atoms. The lowest BCUT2D eigenvalue weighted by molar-refractivity contribution is 0.293. The van der Waals surface area contributed by atoms with Crippen molar-refractivity contribution < 1.29 is 9.13 Å². The van der Waals surface area contributed by atoms with Crippen molar-refractivity contribution in [2.45, 2.75) is 19.6 Å². The minimum atomic E-state index is -0.367. The molecule has 4 nitrogen and oxygen atoms in total. The molecule has 0 saturated heterocycles. The molecule has 0 saturated carbocycles. The minimum Gasteiger partial charge on any atom is -0.483 e. The van der Waals surface area contributed by atoms with E-state index >= 15 is 0 Å². The fraction of sp³-hybridized carbons (Fsp3) is 0.200. The lowest BCUT2D eigenvalue weighted by Gasteiger charge is -2.08. The van der Waals surface area contributed by atoms with Crippen LogP contribution in [0.1, 0.15) is 12.0 Å². The molecule has 0 fully saturated rings. The van der Waals surface area contributed by atoms with E-state index in [0.717, 1.165) is 0 Å². The maximum absolute atomic E-state index is 13.4. The van der Waals surface area contributed by atoms with Crippen LogP contribution in [0.15, 0.2) is 47.4 Å². The highest BCUT2D eigenvalue weighted by molar-refractivity contribution is 5.20. The van der Waals surface area contributed by atoms with Crippen molar-refractivity contribution in [3.05, 3.63) is 64.3 Å². The summed E-state index contributed by atoms with van der Waals surface area (Å²) in [5, 5.41) is 8.53. The number of ether oxygens (including phenoxy) is 1. The summed E-state index contributed by atoms with van der Waals surface area (Å²) in [5.74, 6) is -0.220. The third-order valence-electron chi connectivity index (χ3n) is 2.79. The van der Waals surface area contributed by atoms with Gasteiger partial charge in [-0.3, -0.25) is 4.79 Å². The summed E-state index contributed by atoms with van der Waals surface area (Å²) in [5.41, 5.74) is 0.0680. The van der Waals surface area contributed by atoms with Gasteiger partial charge in [0.2, 0.25) is 0 Å². The Morgan fingerprint density at radius 1 is 1.25 bits per heavy atom. The smallest absolute Gasteiger partial charge is 0.292 e. The first-order valence-corrected chi connectivity index (χ1v) is 6.15. The summed E-state index contributed by atoms with van der Waals surface area (Å²) in [6.07, 6.45) is 1.84. The van der Waals surface area contributed by atoms with Crippen LogP contribution in [-0.2, 0) is 13.2 Å². The van der Waals surface area contributed by atoms with Crippen molar-refractivity contribution in [3.63, 3.8) is 0 Å². The van der Waals surface area contributed by atoms with Crippen LogP contribution in [0, 0.1) is 17.1 Å². The van der Waals surface area contributed by atoms with E-state index in [1.165, 1.54) is 16.7 Å². The fourth-order valence-corrected chi connectivity index (χ4v) is 1.74. The van der Waals surface area contributed by atoms with Gasteiger partial charge in [0.15, 0.2) is 5.75 Å². The van der Waals surface area contributed by atoms with E-state index in [9.17, 15) is 9.18 Å². The predicted molar refractivity (Wildman–Crippen MR) is 71.7 cm³/mol. The van der Waals surface area contributed by atoms with Gasteiger partial charge in [-0.15, -0.1) is 0 Å². The number of rotatable bonds is 5. The van der Waals surface area contributed by atoms with Crippen LogP contribution in [0.3, 0.4) is 0 Å². The maximum atomic E-state index is 13.4. The molecule has 0 aliphatic carbocycles. The molecule has 0 N–H and O–H groups in total. The Labute approximate surface area is 115 Å². The van der Waals surface area contributed by atoms with Crippen molar-refractivity contribution >= 4 is 0 Å². The molecule has 0 aliphatic rings. The van der Waals surface area contributed by atoms with Crippen LogP contribution >= 0.6 is 0 Å². The van der Waals surface area contributed by atoms with Crippen LogP contribution < -0.4 is 10.3 Å². The van der Waals surface area contributed by atoms with Gasteiger partial charge in [-0.1, -0.05) is 18.2 Å². The molecule has 0 spiro atoms. The van der Waals surface area contributed by atoms with Crippen molar-refractivity contribution in [1.29, 1.82) is 5.26 Å². The van der Waals surface area contributed by atoms with Gasteiger partial charge in [-0.2, -0.15) is 5.26 Å². The van der Waals surface area contributed by atoms with Crippen molar-refractivity contribution in [3.8, 4) is 11.8 Å². The number of hydrogen-bond donors (Lipinski definition) is 0. The molecule has 2 rings (SSSR count). The van der Waals surface area contributed by atoms with Gasteiger partial charge in [0, 0.05) is 18.3 Å². The number of halogens is 1. The maximum Gasteiger partial charge on any atom is 0.292 e. The first-order chi connectivity index (χ1) is 9.72. The number of pyridine rings is 1. The number of benzene rings is 1. The Morgan fingerprint density at radius 3 is 2.80 bits per heavy atom. The molecule has 0 amide bonds. The van der Waals surface area contributed by atoms with Gasteiger partial charge in [0.25, 0.3) is 5.56 Å². The van der Waals surface area contributed by atoms with E-state index in [1.807, 2.05) is 6.07 Å². The third-order valence-corrected chi connectivity index (χ3v) is 2.79. The zero-order valence-electron chi connectivity index (χ0n) is 10.8. The Kier molecular flexibility index (Phi) is 4.51. The number of nitrogens with zero attached hydrogens (tertiary/aromatic N) is 2. The van der Waals surface area contributed by atoms with Crippen molar-refractivity contribution in [1.82, 2.24) is 4.57 Å². The van der Waals surface area contributed by atoms with E-state index in [4.69, 9.17) is 10.00 Å². The zero-order valence-corrected chi connectivity index (χ0v) is 10.8. The largest absolute Gasteiger partial charge is 0.483 e. The molecule has 0 atom stereocenters. The number of hydrogen-bond acceptors (Lipinski definition) is 3. The van der Waals surface area contributed by atoms with Crippen molar-refractivity contribution in [2.24, 2.45) is 0 Å². The lowest BCUT2D eigenvalue weighted by atomic mass is 10.2. The van der Waals surface area contributed by atoms with Gasteiger partial charge in [0.05, 0.1) is 12.5 Å². The molecule has 5 heteroatoms. The quantitative estimate of drug-likeness (QED) is 0.840. The Morgan fingerprint density at radius 2 is 2.05 bits per heavy atom. The second kappa shape index (κ2) is 6.53. The average Bonchev–Trinajstić information content (AvgIpc) is 2.46. The highest BCUT2D eigenvalue weighted by atomic mass is 19.1. The third kappa shape index (κ3) is 3.23. The van der Waals surface area contributed by atoms with Crippen LogP contribution in [0.5, 0.6) is 5.75 Å². The summed E-state index contributed by atoms with van der Waals surface area (Å²) in [4.78, 5) is 12.0. The second-order valence-corrected chi connectivity index (χ2v) is 4.16. The summed E-state index contributed by atoms with van der Waals surface area (Å²) < 4.78 is 20.2. The van der Waals surface area contributed by atoms with Gasteiger partial charge < -0.3 is 9.30 Å². The van der Waals surface area contributed by atoms with Crippen LogP contribution in [0.25, 0.3) is 0 Å². The molecule has 1 aromatic heterocycles. The Bertz CT molecular complexity index is 689. The van der Waals surface area contributed by atoms with Crippen LogP contribution in [-0.4, -0.2) is 4.57 Å². The van der Waals surface area contributed by atoms with E-state index in [1.54, 1.807) is 30.5 Å². The standard InChI is InChI=1S/C15H13FN2O2/c16-13-6-2-1-5-12(13)11-20-14-7-3-9-18(15(14)19)10-4-8-17/h1-3,5-7,9H,4,10-11H2. The molecule has 0 aliphatic heterocycles. The van der Waals surface area contributed by atoms with Gasteiger partial charge in [0.1, 0.15) is 12.4 Å². The first-order valence-electron chi connectivity index (χ1n) is 6.15. The summed E-state index contributed by atoms with van der Waals surface area (Å²) in [7, 11) is 0. The molecule has 1 aromatic carbocycles. The Hall–Kier alpha value is -2.61. The molecular formula is C15H13FN2O2. The summed E-state index contributed by atoms with van der Waals surface area (Å²) >= 11 is 0. The SMILES string of the molecule is N#CCCn1cccc(OCc2ccccc2F)c1=O. The highest BCUT2D eigenvalue weighted by Crippen LogP contribution is 2.10. The van der Waals surface area contributed by atoms with Gasteiger partial charge in [-0.05, 0) is 18.2 Å². The van der Waals surface area contributed by atoms with Crippen LogP contribution in [0.2, 0.25) is 0 Å². The molecule has 0 unspecified atom stereocenters. The minimum absolute atomic E-state index is 0.00975. The zero-order chi connectivity index (χ0) is 14.4. The first kappa shape index (κ1) is 13.8. The summed E-state index contributed by atoms with van der Waals surface area (Å²) in [6, 6.07) is 11.4. The van der Waals surface area contributed by atoms with Crippen LogP contribution in [0.4, 0.5) is 4.39 Å². The topological polar surface area (TPSA) is 55.0 Å². The molecular weight excluding hydrogens is 259 g/mol. The van der Waals surface area contributed by atoms with E-state index in [2.05, 4.69) is 0 Å². The highest BCUT2D eigenvalue weighted by Gasteiger charge is 2.06. The average molecular weight is 272 g/mol. The second-order valence-electron chi connectivity index (χ2n) is 4.16. The monoisotopic (exact) mass is 272 g/mol. The summed E-state index contributed by atoms with van der Waals surface area (Å²) in [6.45, 7) is 0.302. The molecule has 102 valence electrons. The molecule has 0 radical (unpaired) electrons. The fourth-order valence-electron chi connectivity index (χ4n) is 1.74. The van der Waals surface area contributed by atoms with Gasteiger partial charge in [-0.25, -0.2) is 4.39 Å². The molecule has 0 bridgehead atoms. The predicted octanol–water partition coefficient (Wildman–Crippen LogP) is 2.48. The molecule has 1 heterocycles. The molecule has 2 aromatic rings. The van der Waals surface area contributed by atoms with E-state index < -0.39 is 0 Å². The Balaban J connectivity index is 2.13. The van der Waals surface area contributed by atoms with E-state index in [-0.39, 0.29) is 30.2 Å². The van der Waals surface area contributed by atoms with Gasteiger partial charge >= 0.3 is 0 Å². The number of aryl methyl sites for hydroxylation is 1. The van der Waals surface area contributed by atoms with Crippen molar-refractivity contribution in [2.75, 3.05) is 0 Å². The lowest BCUT2D eigenvalue weighted by Crippen LogP contribution is -2.21. The number of aromatic nitrogens is 1.